The van der Waals surface area contributed by atoms with Crippen LogP contribution in [-0.2, 0) is 17.6 Å². The van der Waals surface area contributed by atoms with Gasteiger partial charge < -0.3 is 14.7 Å². The summed E-state index contributed by atoms with van der Waals surface area (Å²) in [5.74, 6) is -0.408. The second kappa shape index (κ2) is 5.36. The van der Waals surface area contributed by atoms with Crippen molar-refractivity contribution in [3.63, 3.8) is 0 Å². The highest BCUT2D eigenvalue weighted by atomic mass is 16.6. The summed E-state index contributed by atoms with van der Waals surface area (Å²) in [6.45, 7) is 4.05. The van der Waals surface area contributed by atoms with Gasteiger partial charge in [0, 0.05) is 25.3 Å². The number of cyclic esters (lactones) is 1. The van der Waals surface area contributed by atoms with E-state index in [0.717, 1.165) is 36.9 Å². The number of nitrogens with zero attached hydrogens (tertiary/aromatic N) is 3. The van der Waals surface area contributed by atoms with E-state index >= 15 is 0 Å². The van der Waals surface area contributed by atoms with Crippen LogP contribution in [0.5, 0.6) is 0 Å². The summed E-state index contributed by atoms with van der Waals surface area (Å²) < 4.78 is 5.25. The van der Waals surface area contributed by atoms with Crippen LogP contribution in [0.15, 0.2) is 6.07 Å². The number of rotatable bonds is 3. The first-order chi connectivity index (χ1) is 11.5. The van der Waals surface area contributed by atoms with Gasteiger partial charge >= 0.3 is 12.1 Å². The van der Waals surface area contributed by atoms with E-state index in [1.807, 2.05) is 11.8 Å². The lowest BCUT2D eigenvalue weighted by atomic mass is 9.92. The largest absolute Gasteiger partial charge is 0.478 e. The van der Waals surface area contributed by atoms with Crippen LogP contribution >= 0.6 is 0 Å². The zero-order valence-corrected chi connectivity index (χ0v) is 13.7. The minimum atomic E-state index is -0.945. The van der Waals surface area contributed by atoms with Crippen molar-refractivity contribution in [1.82, 2.24) is 9.88 Å². The highest BCUT2D eigenvalue weighted by Crippen LogP contribution is 2.35. The molecule has 1 atom stereocenters. The maximum absolute atomic E-state index is 11.9. The molecule has 1 aromatic heterocycles. The predicted octanol–water partition coefficient (Wildman–Crippen LogP) is 1.69. The van der Waals surface area contributed by atoms with Gasteiger partial charge in [-0.1, -0.05) is 6.92 Å². The third-order valence-corrected chi connectivity index (χ3v) is 5.55. The van der Waals surface area contributed by atoms with Crippen molar-refractivity contribution < 1.29 is 19.4 Å². The van der Waals surface area contributed by atoms with Crippen LogP contribution in [0.3, 0.4) is 0 Å². The Labute approximate surface area is 140 Å². The summed E-state index contributed by atoms with van der Waals surface area (Å²) in [5.41, 5.74) is 1.95. The lowest BCUT2D eigenvalue weighted by molar-refractivity contribution is 0.0695. The molecule has 1 N–H and O–H groups in total. The Balaban J connectivity index is 1.72. The number of ether oxygens (including phenoxy) is 1. The number of fused-ring (bicyclic) bond motifs is 2. The number of carbonyl (C=O) groups is 2. The average molecular weight is 331 g/mol. The molecule has 0 bridgehead atoms. The summed E-state index contributed by atoms with van der Waals surface area (Å²) in [6.07, 6.45) is 3.33. The molecule has 3 heterocycles. The number of pyridine rings is 1. The van der Waals surface area contributed by atoms with E-state index in [1.54, 1.807) is 11.0 Å². The fourth-order valence-corrected chi connectivity index (χ4v) is 4.11. The molecule has 128 valence electrons. The highest BCUT2D eigenvalue weighted by molar-refractivity contribution is 5.94. The van der Waals surface area contributed by atoms with Gasteiger partial charge in [-0.15, -0.1) is 0 Å². The van der Waals surface area contributed by atoms with Crippen LogP contribution in [0.1, 0.15) is 41.4 Å². The summed E-state index contributed by atoms with van der Waals surface area (Å²) in [5, 5.41) is 9.62. The highest BCUT2D eigenvalue weighted by Gasteiger charge is 2.50. The summed E-state index contributed by atoms with van der Waals surface area (Å²) >= 11 is 0. The van der Waals surface area contributed by atoms with Gasteiger partial charge in [0.25, 0.3) is 0 Å². The second-order valence-corrected chi connectivity index (χ2v) is 6.83. The van der Waals surface area contributed by atoms with Gasteiger partial charge in [0.1, 0.15) is 18.0 Å². The third kappa shape index (κ3) is 2.14. The molecular weight excluding hydrogens is 310 g/mol. The number of carboxylic acid groups (broad SMARTS) is 1. The molecule has 2 fully saturated rings. The minimum absolute atomic E-state index is 0.264. The molecule has 24 heavy (non-hydrogen) atoms. The van der Waals surface area contributed by atoms with Crippen LogP contribution in [0.2, 0.25) is 0 Å². The fraction of sp³-hybridized carbons (Fsp3) is 0.588. The molecule has 0 radical (unpaired) electrons. The number of carboxylic acids is 1. The van der Waals surface area contributed by atoms with Crippen LogP contribution in [0, 0.1) is 0 Å². The Morgan fingerprint density at radius 1 is 1.42 bits per heavy atom. The molecule has 2 aliphatic heterocycles. The van der Waals surface area contributed by atoms with Crippen molar-refractivity contribution in [3.8, 4) is 0 Å². The number of piperazine rings is 1. The maximum Gasteiger partial charge on any atom is 0.410 e. The van der Waals surface area contributed by atoms with Crippen molar-refractivity contribution in [3.05, 3.63) is 22.9 Å². The van der Waals surface area contributed by atoms with E-state index < -0.39 is 5.97 Å². The number of amides is 1. The normalized spacial score (nSPS) is 25.5. The van der Waals surface area contributed by atoms with Crippen molar-refractivity contribution in [2.75, 3.05) is 31.1 Å². The molecule has 1 aromatic rings. The Kier molecular flexibility index (Phi) is 3.40. The number of anilines is 1. The molecule has 1 aliphatic carbocycles. The van der Waals surface area contributed by atoms with Crippen LogP contribution in [0.4, 0.5) is 10.6 Å². The van der Waals surface area contributed by atoms with E-state index in [0.29, 0.717) is 32.1 Å². The molecule has 2 saturated heterocycles. The summed E-state index contributed by atoms with van der Waals surface area (Å²) in [4.78, 5) is 32.2. The van der Waals surface area contributed by atoms with Gasteiger partial charge in [-0.3, -0.25) is 4.90 Å². The Morgan fingerprint density at radius 2 is 2.25 bits per heavy atom. The number of carbonyl (C=O) groups excluding carboxylic acids is 1. The Hall–Kier alpha value is -2.31. The molecule has 1 amide bonds. The van der Waals surface area contributed by atoms with Gasteiger partial charge in [0.05, 0.1) is 5.54 Å². The van der Waals surface area contributed by atoms with Gasteiger partial charge in [-0.2, -0.15) is 0 Å². The van der Waals surface area contributed by atoms with Crippen LogP contribution < -0.4 is 4.90 Å². The number of hydrogen-bond donors (Lipinski definition) is 1. The number of aromatic nitrogens is 1. The van der Waals surface area contributed by atoms with Gasteiger partial charge in [0.15, 0.2) is 0 Å². The molecular formula is C17H21N3O4. The summed E-state index contributed by atoms with van der Waals surface area (Å²) in [7, 11) is 0. The van der Waals surface area contributed by atoms with E-state index in [9.17, 15) is 14.7 Å². The predicted molar refractivity (Wildman–Crippen MR) is 86.5 cm³/mol. The smallest absolute Gasteiger partial charge is 0.410 e. The van der Waals surface area contributed by atoms with Crippen LogP contribution in [-0.4, -0.2) is 58.8 Å². The molecule has 1 unspecified atom stereocenters. The zero-order valence-electron chi connectivity index (χ0n) is 13.7. The van der Waals surface area contributed by atoms with Gasteiger partial charge in [0.2, 0.25) is 0 Å². The molecule has 4 rings (SSSR count). The molecule has 7 heteroatoms. The van der Waals surface area contributed by atoms with E-state index in [-0.39, 0.29) is 17.2 Å². The van der Waals surface area contributed by atoms with E-state index in [2.05, 4.69) is 0 Å². The van der Waals surface area contributed by atoms with Gasteiger partial charge in [-0.25, -0.2) is 14.6 Å². The zero-order chi connectivity index (χ0) is 16.9. The first-order valence-corrected chi connectivity index (χ1v) is 8.49. The van der Waals surface area contributed by atoms with Crippen molar-refractivity contribution in [2.45, 2.75) is 38.1 Å². The van der Waals surface area contributed by atoms with E-state index in [1.165, 1.54) is 0 Å². The van der Waals surface area contributed by atoms with Crippen LogP contribution in [0.25, 0.3) is 0 Å². The fourth-order valence-electron chi connectivity index (χ4n) is 4.11. The average Bonchev–Trinajstić information content (AvgIpc) is 3.18. The van der Waals surface area contributed by atoms with Gasteiger partial charge in [-0.05, 0) is 37.3 Å². The third-order valence-electron chi connectivity index (χ3n) is 5.55. The van der Waals surface area contributed by atoms with E-state index in [4.69, 9.17) is 9.72 Å². The second-order valence-electron chi connectivity index (χ2n) is 6.83. The quantitative estimate of drug-likeness (QED) is 0.907. The molecule has 0 spiro atoms. The minimum Gasteiger partial charge on any atom is -0.478 e. The first kappa shape index (κ1) is 15.2. The molecule has 3 aliphatic rings. The monoisotopic (exact) mass is 331 g/mol. The topological polar surface area (TPSA) is 83.0 Å². The number of hydrogen-bond acceptors (Lipinski definition) is 5. The Bertz CT molecular complexity index is 720. The Morgan fingerprint density at radius 3 is 3.00 bits per heavy atom. The van der Waals surface area contributed by atoms with Crippen molar-refractivity contribution in [2.24, 2.45) is 0 Å². The van der Waals surface area contributed by atoms with Crippen molar-refractivity contribution in [1.29, 1.82) is 0 Å². The lowest BCUT2D eigenvalue weighted by Crippen LogP contribution is -2.61. The number of aryl methyl sites for hydroxylation is 2. The summed E-state index contributed by atoms with van der Waals surface area (Å²) in [6, 6.07) is 1.79. The maximum atomic E-state index is 11.9. The number of aromatic carboxylic acids is 1. The molecule has 0 aromatic carbocycles. The lowest BCUT2D eigenvalue weighted by Gasteiger charge is -2.45. The standard InChI is InChI=1S/C17H21N3O4/c1-2-17-9-19(6-7-20(17)16(23)24-10-17)14-12(15(21)22)8-11-4-3-5-13(11)18-14/h8H,2-7,9-10H2,1H3,(H,21,22). The SMILES string of the molecule is CCC12COC(=O)N1CCN(c1nc3c(cc1C(=O)O)CCC3)C2. The molecule has 7 nitrogen and oxygen atoms in total. The van der Waals surface area contributed by atoms with Crippen molar-refractivity contribution >= 4 is 17.9 Å². The molecule has 0 saturated carbocycles. The first-order valence-electron chi connectivity index (χ1n) is 8.49.